The Hall–Kier alpha value is -2.09. The van der Waals surface area contributed by atoms with Crippen molar-refractivity contribution in [2.45, 2.75) is 6.54 Å². The molecule has 16 heavy (non-hydrogen) atoms. The number of pyridine rings is 1. The van der Waals surface area contributed by atoms with Gasteiger partial charge in [-0.25, -0.2) is 4.68 Å². The molecular weight excluding hydrogens is 228 g/mol. The maximum absolute atomic E-state index is 11.8. The normalized spacial score (nSPS) is 13.4. The topological polar surface area (TPSA) is 138 Å². The van der Waals surface area contributed by atoms with Gasteiger partial charge in [0.15, 0.2) is 0 Å². The minimum absolute atomic E-state index is 0.0288. The van der Waals surface area contributed by atoms with E-state index in [-0.39, 0.29) is 28.8 Å². The van der Waals surface area contributed by atoms with Crippen LogP contribution in [0.1, 0.15) is 16.7 Å². The number of hydrogen-bond acceptors (Lipinski definition) is 6. The van der Waals surface area contributed by atoms with E-state index in [0.29, 0.717) is 11.1 Å². The lowest BCUT2D eigenvalue weighted by atomic mass is 10.0. The van der Waals surface area contributed by atoms with Gasteiger partial charge in [0.2, 0.25) is 0 Å². The molecule has 84 valence electrons. The van der Waals surface area contributed by atoms with Crippen molar-refractivity contribution < 1.29 is 0 Å². The van der Waals surface area contributed by atoms with E-state index in [1.54, 1.807) is 0 Å². The van der Waals surface area contributed by atoms with Crippen molar-refractivity contribution in [2.24, 2.45) is 16.5 Å². The number of nitrogens with two attached hydrogens (primary N) is 4. The molecule has 0 aliphatic carbocycles. The molecule has 1 aromatic rings. The second-order valence-corrected chi connectivity index (χ2v) is 3.79. The highest BCUT2D eigenvalue weighted by atomic mass is 32.1. The smallest absolute Gasteiger partial charge is 0.281 e. The summed E-state index contributed by atoms with van der Waals surface area (Å²) in [5, 5.41) is 0. The van der Waals surface area contributed by atoms with Gasteiger partial charge in [-0.1, -0.05) is 12.2 Å². The summed E-state index contributed by atoms with van der Waals surface area (Å²) in [6.07, 6.45) is 0. The molecule has 0 amide bonds. The monoisotopic (exact) mass is 238 g/mol. The minimum atomic E-state index is -0.494. The third-order valence-corrected chi connectivity index (χ3v) is 2.67. The van der Waals surface area contributed by atoms with Crippen LogP contribution in [0.4, 0.5) is 5.82 Å². The Bertz CT molecular complexity index is 587. The van der Waals surface area contributed by atoms with Gasteiger partial charge in [-0.05, 0) is 0 Å². The Morgan fingerprint density at radius 2 is 2.06 bits per heavy atom. The fraction of sp³-hybridized carbons (Fsp3) is 0.125. The standard InChI is InChI=1S/C8H10N6OS/c9-5-3-2(1-13-5)4(7(11)16)6(10)14(12)8(3)15/h1,10,12H2,(H2,9,13)(H2,11,16). The number of aromatic nitrogens is 1. The summed E-state index contributed by atoms with van der Waals surface area (Å²) in [5.41, 5.74) is 17.5. The Morgan fingerprint density at radius 1 is 1.44 bits per heavy atom. The zero-order valence-electron chi connectivity index (χ0n) is 8.23. The number of nitrogen functional groups attached to an aromatic ring is 2. The van der Waals surface area contributed by atoms with Crippen LogP contribution < -0.4 is 28.6 Å². The van der Waals surface area contributed by atoms with E-state index in [9.17, 15) is 4.79 Å². The first kappa shape index (κ1) is 10.4. The molecule has 0 radical (unpaired) electrons. The third kappa shape index (κ3) is 1.16. The number of thiocarbonyl (C=S) groups is 1. The van der Waals surface area contributed by atoms with Crippen molar-refractivity contribution in [1.82, 2.24) is 4.68 Å². The SMILES string of the molecule is NC(=S)c1c2c(c(=O)n(N)c1N)C(N)=NC2. The third-order valence-electron chi connectivity index (χ3n) is 2.46. The fourth-order valence-corrected chi connectivity index (χ4v) is 1.93. The molecule has 2 rings (SSSR count). The first-order chi connectivity index (χ1) is 7.45. The number of amidine groups is 1. The average molecular weight is 238 g/mol. The number of nitrogens with zero attached hydrogens (tertiary/aromatic N) is 2. The lowest BCUT2D eigenvalue weighted by Crippen LogP contribution is -2.38. The maximum atomic E-state index is 11.8. The van der Waals surface area contributed by atoms with Crippen molar-refractivity contribution in [3.8, 4) is 0 Å². The van der Waals surface area contributed by atoms with Crippen LogP contribution in [-0.2, 0) is 6.54 Å². The molecule has 1 aliphatic heterocycles. The van der Waals surface area contributed by atoms with Crippen LogP contribution in [-0.4, -0.2) is 15.5 Å². The Kier molecular flexibility index (Phi) is 2.09. The highest BCUT2D eigenvalue weighted by Gasteiger charge is 2.26. The quantitative estimate of drug-likeness (QED) is 0.329. The van der Waals surface area contributed by atoms with Crippen LogP contribution in [0, 0.1) is 0 Å². The van der Waals surface area contributed by atoms with Gasteiger partial charge < -0.3 is 23.0 Å². The van der Waals surface area contributed by atoms with E-state index < -0.39 is 5.56 Å². The lowest BCUT2D eigenvalue weighted by Gasteiger charge is -2.13. The maximum Gasteiger partial charge on any atom is 0.281 e. The number of aliphatic imine (C=N–C) groups is 1. The molecule has 0 bridgehead atoms. The van der Waals surface area contributed by atoms with Crippen LogP contribution in [0.2, 0.25) is 0 Å². The largest absolute Gasteiger partial charge is 0.389 e. The Balaban J connectivity index is 2.92. The van der Waals surface area contributed by atoms with Gasteiger partial charge in [-0.3, -0.25) is 9.79 Å². The van der Waals surface area contributed by atoms with E-state index >= 15 is 0 Å². The van der Waals surface area contributed by atoms with Crippen molar-refractivity contribution in [1.29, 1.82) is 0 Å². The van der Waals surface area contributed by atoms with Crippen molar-refractivity contribution in [3.63, 3.8) is 0 Å². The fourth-order valence-electron chi connectivity index (χ4n) is 1.70. The van der Waals surface area contributed by atoms with Gasteiger partial charge in [0.25, 0.3) is 5.56 Å². The summed E-state index contributed by atoms with van der Waals surface area (Å²) in [7, 11) is 0. The van der Waals surface area contributed by atoms with Gasteiger partial charge in [-0.15, -0.1) is 0 Å². The summed E-state index contributed by atoms with van der Waals surface area (Å²) in [4.78, 5) is 15.8. The van der Waals surface area contributed by atoms with E-state index in [2.05, 4.69) is 4.99 Å². The summed E-state index contributed by atoms with van der Waals surface area (Å²) in [6.45, 7) is 0.244. The summed E-state index contributed by atoms with van der Waals surface area (Å²) < 4.78 is 0.779. The highest BCUT2D eigenvalue weighted by Crippen LogP contribution is 2.22. The van der Waals surface area contributed by atoms with Gasteiger partial charge in [-0.2, -0.15) is 0 Å². The predicted molar refractivity (Wildman–Crippen MR) is 65.6 cm³/mol. The van der Waals surface area contributed by atoms with Crippen molar-refractivity contribution in [2.75, 3.05) is 11.6 Å². The Labute approximate surface area is 95.7 Å². The summed E-state index contributed by atoms with van der Waals surface area (Å²) >= 11 is 4.87. The van der Waals surface area contributed by atoms with Gasteiger partial charge in [0, 0.05) is 5.56 Å². The number of anilines is 1. The molecule has 0 spiro atoms. The number of hydrogen-bond donors (Lipinski definition) is 4. The van der Waals surface area contributed by atoms with Crippen LogP contribution in [0.15, 0.2) is 9.79 Å². The van der Waals surface area contributed by atoms with Crippen molar-refractivity contribution in [3.05, 3.63) is 27.0 Å². The first-order valence-corrected chi connectivity index (χ1v) is 4.78. The molecule has 1 aliphatic rings. The molecule has 8 heteroatoms. The molecular formula is C8H10N6OS. The summed E-state index contributed by atoms with van der Waals surface area (Å²) in [5.74, 6) is 5.67. The van der Waals surface area contributed by atoms with E-state index in [1.165, 1.54) is 0 Å². The molecule has 0 unspecified atom stereocenters. The Morgan fingerprint density at radius 3 is 2.62 bits per heavy atom. The minimum Gasteiger partial charge on any atom is -0.389 e. The molecule has 0 saturated heterocycles. The molecule has 7 nitrogen and oxygen atoms in total. The zero-order valence-corrected chi connectivity index (χ0v) is 9.04. The number of fused-ring (bicyclic) bond motifs is 1. The first-order valence-electron chi connectivity index (χ1n) is 4.37. The summed E-state index contributed by atoms with van der Waals surface area (Å²) in [6, 6.07) is 0. The lowest BCUT2D eigenvalue weighted by molar-refractivity contribution is 0.932. The predicted octanol–water partition coefficient (Wildman–Crippen LogP) is -2.00. The molecule has 2 heterocycles. The molecule has 0 aromatic carbocycles. The zero-order chi connectivity index (χ0) is 12.0. The van der Waals surface area contributed by atoms with E-state index in [0.717, 1.165) is 4.68 Å². The van der Waals surface area contributed by atoms with E-state index in [4.69, 9.17) is 35.3 Å². The van der Waals surface area contributed by atoms with Gasteiger partial charge in [0.1, 0.15) is 16.6 Å². The molecule has 8 N–H and O–H groups in total. The van der Waals surface area contributed by atoms with Crippen LogP contribution in [0.25, 0.3) is 0 Å². The van der Waals surface area contributed by atoms with Crippen LogP contribution >= 0.6 is 12.2 Å². The molecule has 0 saturated carbocycles. The highest BCUT2D eigenvalue weighted by molar-refractivity contribution is 7.80. The molecule has 0 atom stereocenters. The van der Waals surface area contributed by atoms with Crippen LogP contribution in [0.5, 0.6) is 0 Å². The van der Waals surface area contributed by atoms with Crippen LogP contribution in [0.3, 0.4) is 0 Å². The van der Waals surface area contributed by atoms with Gasteiger partial charge >= 0.3 is 0 Å². The van der Waals surface area contributed by atoms with Gasteiger partial charge in [0.05, 0.1) is 17.7 Å². The molecule has 1 aromatic heterocycles. The van der Waals surface area contributed by atoms with E-state index in [1.807, 2.05) is 0 Å². The number of rotatable bonds is 1. The molecule has 0 fully saturated rings. The second kappa shape index (κ2) is 3.20. The van der Waals surface area contributed by atoms with Crippen molar-refractivity contribution >= 4 is 28.9 Å². The second-order valence-electron chi connectivity index (χ2n) is 3.35. The average Bonchev–Trinajstić information content (AvgIpc) is 2.57.